The average molecular weight is 459 g/mol. The molecule has 5 rings (SSSR count). The Morgan fingerprint density at radius 3 is 2.35 bits per heavy atom. The summed E-state index contributed by atoms with van der Waals surface area (Å²) in [6, 6.07) is 16.9. The number of likely N-dealkylation sites (tertiary alicyclic amines) is 1. The Bertz CT molecular complexity index is 1130. The Balaban J connectivity index is 1.16. The van der Waals surface area contributed by atoms with Crippen LogP contribution < -0.4 is 4.74 Å². The van der Waals surface area contributed by atoms with Crippen molar-refractivity contribution in [2.24, 2.45) is 0 Å². The molecule has 0 spiro atoms. The highest BCUT2D eigenvalue weighted by molar-refractivity contribution is 5.88. The van der Waals surface area contributed by atoms with E-state index in [0.29, 0.717) is 0 Å². The molecule has 178 valence electrons. The molecule has 2 fully saturated rings. The van der Waals surface area contributed by atoms with Crippen molar-refractivity contribution in [3.05, 3.63) is 60.3 Å². The van der Waals surface area contributed by atoms with Crippen molar-refractivity contribution in [3.63, 3.8) is 0 Å². The van der Waals surface area contributed by atoms with Crippen LogP contribution >= 0.6 is 0 Å². The number of pyridine rings is 1. The number of benzene rings is 2. The fourth-order valence-corrected chi connectivity index (χ4v) is 5.13. The molecule has 3 aromatic rings. The Morgan fingerprint density at radius 1 is 0.941 bits per heavy atom. The van der Waals surface area contributed by atoms with Crippen molar-refractivity contribution < 1.29 is 9.53 Å². The van der Waals surface area contributed by atoms with Gasteiger partial charge in [-0.3, -0.25) is 4.98 Å². The number of likely N-dealkylation sites (N-methyl/N-ethyl adjacent to an activating group) is 1. The molecule has 2 amide bonds. The first-order chi connectivity index (χ1) is 16.6. The second-order valence-electron chi connectivity index (χ2n) is 9.35. The predicted octanol–water partition coefficient (Wildman–Crippen LogP) is 4.81. The van der Waals surface area contributed by atoms with Gasteiger partial charge >= 0.3 is 6.03 Å². The van der Waals surface area contributed by atoms with Gasteiger partial charge in [0.15, 0.2) is 0 Å². The summed E-state index contributed by atoms with van der Waals surface area (Å²) < 4.78 is 6.28. The van der Waals surface area contributed by atoms with Gasteiger partial charge in [0.2, 0.25) is 0 Å². The Kier molecular flexibility index (Phi) is 6.68. The van der Waals surface area contributed by atoms with Crippen molar-refractivity contribution in [1.82, 2.24) is 19.7 Å². The van der Waals surface area contributed by atoms with Crippen molar-refractivity contribution in [1.29, 1.82) is 0 Å². The first kappa shape index (κ1) is 22.7. The van der Waals surface area contributed by atoms with Gasteiger partial charge in [0, 0.05) is 63.7 Å². The highest BCUT2D eigenvalue weighted by Crippen LogP contribution is 2.30. The van der Waals surface area contributed by atoms with Crippen molar-refractivity contribution >= 4 is 16.9 Å². The molecular weight excluding hydrogens is 424 g/mol. The van der Waals surface area contributed by atoms with E-state index in [0.717, 1.165) is 75.3 Å². The quantitative estimate of drug-likeness (QED) is 0.563. The van der Waals surface area contributed by atoms with Crippen molar-refractivity contribution in [3.8, 4) is 16.9 Å². The maximum Gasteiger partial charge on any atom is 0.320 e. The van der Waals surface area contributed by atoms with Gasteiger partial charge in [-0.2, -0.15) is 0 Å². The van der Waals surface area contributed by atoms with E-state index in [1.165, 1.54) is 16.7 Å². The van der Waals surface area contributed by atoms with E-state index in [1.807, 2.05) is 22.1 Å². The zero-order valence-corrected chi connectivity index (χ0v) is 20.2. The average Bonchev–Trinajstić information content (AvgIpc) is 2.90. The van der Waals surface area contributed by atoms with E-state index in [4.69, 9.17) is 4.74 Å². The molecule has 3 heterocycles. The Labute approximate surface area is 202 Å². The number of rotatable bonds is 4. The fraction of sp³-hybridized carbons (Fsp3) is 0.429. The fourth-order valence-electron chi connectivity index (χ4n) is 5.13. The number of nitrogens with zero attached hydrogens (tertiary/aromatic N) is 4. The number of aromatic nitrogens is 1. The van der Waals surface area contributed by atoms with Crippen LogP contribution in [0.2, 0.25) is 0 Å². The third kappa shape index (κ3) is 4.73. The molecule has 2 aliphatic heterocycles. The minimum Gasteiger partial charge on any atom is -0.490 e. The maximum atomic E-state index is 12.9. The zero-order chi connectivity index (χ0) is 23.5. The first-order valence-corrected chi connectivity index (χ1v) is 12.5. The second kappa shape index (κ2) is 10.0. The van der Waals surface area contributed by atoms with Crippen LogP contribution in [0.3, 0.4) is 0 Å². The molecule has 0 unspecified atom stereocenters. The molecule has 2 aromatic carbocycles. The van der Waals surface area contributed by atoms with Gasteiger partial charge in [0.25, 0.3) is 0 Å². The highest BCUT2D eigenvalue weighted by Gasteiger charge is 2.29. The summed E-state index contributed by atoms with van der Waals surface area (Å²) in [5.74, 6) is 0.890. The number of piperidine rings is 1. The summed E-state index contributed by atoms with van der Waals surface area (Å²) >= 11 is 0. The standard InChI is InChI=1S/C28H34N4O2/c1-3-30-17-19-32(20-18-30)28(33)31-15-12-25(13-16-31)34-24-9-6-22(7-10-24)26-11-8-23-5-4-14-29-27(23)21(26)2/h4-11,14,25H,3,12-13,15-20H2,1-2H3. The number of fused-ring (bicyclic) bond motifs is 1. The molecule has 2 aliphatic rings. The molecule has 0 radical (unpaired) electrons. The summed E-state index contributed by atoms with van der Waals surface area (Å²) in [6.07, 6.45) is 3.75. The number of aryl methyl sites for hydroxylation is 1. The largest absolute Gasteiger partial charge is 0.490 e. The highest BCUT2D eigenvalue weighted by atomic mass is 16.5. The lowest BCUT2D eigenvalue weighted by molar-refractivity contribution is 0.0813. The smallest absolute Gasteiger partial charge is 0.320 e. The van der Waals surface area contributed by atoms with Gasteiger partial charge in [0.05, 0.1) is 5.52 Å². The van der Waals surface area contributed by atoms with E-state index < -0.39 is 0 Å². The molecule has 34 heavy (non-hydrogen) atoms. The zero-order valence-electron chi connectivity index (χ0n) is 20.2. The van der Waals surface area contributed by atoms with E-state index in [2.05, 4.69) is 66.2 Å². The van der Waals surface area contributed by atoms with Crippen molar-refractivity contribution in [2.45, 2.75) is 32.8 Å². The molecule has 2 saturated heterocycles. The number of amides is 2. The molecule has 6 nitrogen and oxygen atoms in total. The van der Waals surface area contributed by atoms with Crippen LogP contribution in [0.15, 0.2) is 54.7 Å². The molecule has 0 N–H and O–H groups in total. The van der Waals surface area contributed by atoms with E-state index in [1.54, 1.807) is 0 Å². The van der Waals surface area contributed by atoms with Gasteiger partial charge in [-0.25, -0.2) is 4.79 Å². The van der Waals surface area contributed by atoms with Gasteiger partial charge < -0.3 is 19.4 Å². The number of ether oxygens (including phenoxy) is 1. The van der Waals surface area contributed by atoms with Crippen LogP contribution in [0.4, 0.5) is 4.79 Å². The number of hydrogen-bond acceptors (Lipinski definition) is 4. The summed E-state index contributed by atoms with van der Waals surface area (Å²) in [4.78, 5) is 23.8. The van der Waals surface area contributed by atoms with Gasteiger partial charge in [0.1, 0.15) is 11.9 Å². The van der Waals surface area contributed by atoms with Crippen LogP contribution in [-0.4, -0.2) is 77.6 Å². The Morgan fingerprint density at radius 2 is 1.65 bits per heavy atom. The Hall–Kier alpha value is -3.12. The van der Waals surface area contributed by atoms with Crippen molar-refractivity contribution in [2.75, 3.05) is 45.8 Å². The number of hydrogen-bond donors (Lipinski definition) is 0. The van der Waals surface area contributed by atoms with Crippen LogP contribution in [0.1, 0.15) is 25.3 Å². The maximum absolute atomic E-state index is 12.9. The number of carbonyl (C=O) groups excluding carboxylic acids is 1. The molecule has 0 atom stereocenters. The minimum atomic E-state index is 0.151. The minimum absolute atomic E-state index is 0.151. The molecule has 6 heteroatoms. The van der Waals surface area contributed by atoms with Crippen LogP contribution in [0.25, 0.3) is 22.0 Å². The van der Waals surface area contributed by atoms with E-state index in [9.17, 15) is 4.79 Å². The van der Waals surface area contributed by atoms with Gasteiger partial charge in [-0.05, 0) is 48.4 Å². The molecule has 0 bridgehead atoms. The lowest BCUT2D eigenvalue weighted by Crippen LogP contribution is -2.54. The SMILES string of the molecule is CCN1CCN(C(=O)N2CCC(Oc3ccc(-c4ccc5cccnc5c4C)cc3)CC2)CC1. The normalized spacial score (nSPS) is 17.8. The van der Waals surface area contributed by atoms with Gasteiger partial charge in [-0.1, -0.05) is 37.3 Å². The molecule has 0 aliphatic carbocycles. The number of urea groups is 1. The van der Waals surface area contributed by atoms with Crippen LogP contribution in [0.5, 0.6) is 5.75 Å². The lowest BCUT2D eigenvalue weighted by atomic mass is 9.98. The third-order valence-electron chi connectivity index (χ3n) is 7.30. The topological polar surface area (TPSA) is 48.9 Å². The monoisotopic (exact) mass is 458 g/mol. The van der Waals surface area contributed by atoms with E-state index in [-0.39, 0.29) is 12.1 Å². The summed E-state index contributed by atoms with van der Waals surface area (Å²) in [6.45, 7) is 10.5. The van der Waals surface area contributed by atoms with Crippen LogP contribution in [0, 0.1) is 6.92 Å². The lowest BCUT2D eigenvalue weighted by Gasteiger charge is -2.39. The summed E-state index contributed by atoms with van der Waals surface area (Å²) in [5.41, 5.74) is 4.61. The molecular formula is C28H34N4O2. The summed E-state index contributed by atoms with van der Waals surface area (Å²) in [7, 11) is 0. The number of carbonyl (C=O) groups is 1. The molecule has 0 saturated carbocycles. The predicted molar refractivity (Wildman–Crippen MR) is 136 cm³/mol. The second-order valence-corrected chi connectivity index (χ2v) is 9.35. The van der Waals surface area contributed by atoms with E-state index >= 15 is 0 Å². The van der Waals surface area contributed by atoms with Crippen LogP contribution in [-0.2, 0) is 0 Å². The number of piperazine rings is 1. The van der Waals surface area contributed by atoms with Gasteiger partial charge in [-0.15, -0.1) is 0 Å². The summed E-state index contributed by atoms with van der Waals surface area (Å²) in [5, 5.41) is 1.16. The third-order valence-corrected chi connectivity index (χ3v) is 7.30. The molecule has 1 aromatic heterocycles. The first-order valence-electron chi connectivity index (χ1n) is 12.5.